The Morgan fingerprint density at radius 2 is 1.71 bits per heavy atom. The molecule has 1 aromatic carbocycles. The average molecular weight is 235 g/mol. The first-order valence-electron chi connectivity index (χ1n) is 4.89. The van der Waals surface area contributed by atoms with E-state index in [4.69, 9.17) is 10.2 Å². The first kappa shape index (κ1) is 11.1. The van der Waals surface area contributed by atoms with Crippen LogP contribution in [0.5, 0.6) is 5.75 Å². The molecule has 2 rings (SSSR count). The Morgan fingerprint density at radius 1 is 1.18 bits per heavy atom. The molecule has 17 heavy (non-hydrogen) atoms. The molecule has 0 amide bonds. The zero-order valence-corrected chi connectivity index (χ0v) is 8.66. The first-order valence-corrected chi connectivity index (χ1v) is 4.89. The van der Waals surface area contributed by atoms with Gasteiger partial charge in [-0.25, -0.2) is 4.79 Å². The van der Waals surface area contributed by atoms with E-state index < -0.39 is 23.1 Å². The summed E-state index contributed by atoms with van der Waals surface area (Å²) in [6.45, 7) is 0. The van der Waals surface area contributed by atoms with Crippen LogP contribution in [0, 0.1) is 0 Å². The molecule has 0 aliphatic heterocycles. The van der Waals surface area contributed by atoms with Gasteiger partial charge in [-0.2, -0.15) is 0 Å². The van der Waals surface area contributed by atoms with Gasteiger partial charge in [0.2, 0.25) is 0 Å². The summed E-state index contributed by atoms with van der Waals surface area (Å²) in [7, 11) is 0. The highest BCUT2D eigenvalue weighted by molar-refractivity contribution is 5.72. The number of aliphatic carboxylic acids is 1. The number of rotatable bonds is 4. The molecule has 1 heterocycles. The summed E-state index contributed by atoms with van der Waals surface area (Å²) >= 11 is 0. The molecule has 0 saturated carbocycles. The molecule has 88 valence electrons. The van der Waals surface area contributed by atoms with E-state index in [2.05, 4.69) is 0 Å². The maximum atomic E-state index is 10.9. The van der Waals surface area contributed by atoms with Crippen LogP contribution < -0.4 is 11.1 Å². The van der Waals surface area contributed by atoms with Crippen molar-refractivity contribution < 1.29 is 15.0 Å². The molecule has 6 nitrogen and oxygen atoms in total. The molecular weight excluding hydrogens is 226 g/mol. The summed E-state index contributed by atoms with van der Waals surface area (Å²) in [6, 6.07) is 4.76. The molecule has 0 fully saturated rings. The standard InChI is InChI=1S/C11H9NO5/c13-7-3-1-6(2-4-7)5-8(11(16)17)12-9(14)10(12)15/h1-4,8,13H,5H2,(H,16,17). The first-order chi connectivity index (χ1) is 8.00. The number of hydrogen-bond donors (Lipinski definition) is 2. The summed E-state index contributed by atoms with van der Waals surface area (Å²) in [4.78, 5) is 32.7. The minimum atomic E-state index is -1.22. The highest BCUT2D eigenvalue weighted by Crippen LogP contribution is 2.16. The van der Waals surface area contributed by atoms with Crippen molar-refractivity contribution in [2.45, 2.75) is 12.5 Å². The van der Waals surface area contributed by atoms with E-state index in [1.165, 1.54) is 12.1 Å². The van der Waals surface area contributed by atoms with Crippen molar-refractivity contribution in [2.75, 3.05) is 0 Å². The van der Waals surface area contributed by atoms with Crippen LogP contribution in [0.1, 0.15) is 11.6 Å². The van der Waals surface area contributed by atoms with Gasteiger partial charge in [0, 0.05) is 6.42 Å². The van der Waals surface area contributed by atoms with Crippen molar-refractivity contribution in [2.24, 2.45) is 0 Å². The Balaban J connectivity index is 2.23. The molecule has 0 bridgehead atoms. The second-order valence-electron chi connectivity index (χ2n) is 3.70. The molecular formula is C11H9NO5. The lowest BCUT2D eigenvalue weighted by atomic mass is 10.1. The summed E-state index contributed by atoms with van der Waals surface area (Å²) in [6.07, 6.45) is 0.0348. The molecule has 0 radical (unpaired) electrons. The second-order valence-corrected chi connectivity index (χ2v) is 3.70. The zero-order chi connectivity index (χ0) is 12.6. The quantitative estimate of drug-likeness (QED) is 0.706. The molecule has 0 aliphatic rings. The van der Waals surface area contributed by atoms with Gasteiger partial charge < -0.3 is 10.2 Å². The summed E-state index contributed by atoms with van der Waals surface area (Å²) < 4.78 is 0.717. The normalized spacial score (nSPS) is 12.7. The highest BCUT2D eigenvalue weighted by atomic mass is 16.4. The van der Waals surface area contributed by atoms with Crippen molar-refractivity contribution in [1.29, 1.82) is 0 Å². The van der Waals surface area contributed by atoms with Crippen LogP contribution in [0.4, 0.5) is 0 Å². The molecule has 2 aromatic rings. The van der Waals surface area contributed by atoms with Crippen molar-refractivity contribution in [3.05, 3.63) is 50.5 Å². The van der Waals surface area contributed by atoms with Gasteiger partial charge in [-0.3, -0.25) is 14.2 Å². The van der Waals surface area contributed by atoms with Crippen LogP contribution in [-0.2, 0) is 11.2 Å². The zero-order valence-electron chi connectivity index (χ0n) is 8.66. The van der Waals surface area contributed by atoms with Crippen molar-refractivity contribution in [1.82, 2.24) is 4.57 Å². The van der Waals surface area contributed by atoms with Gasteiger partial charge in [-0.15, -0.1) is 0 Å². The van der Waals surface area contributed by atoms with E-state index in [1.807, 2.05) is 0 Å². The lowest BCUT2D eigenvalue weighted by Gasteiger charge is -2.08. The molecule has 0 spiro atoms. The van der Waals surface area contributed by atoms with Crippen LogP contribution in [0.3, 0.4) is 0 Å². The summed E-state index contributed by atoms with van der Waals surface area (Å²) in [5.41, 5.74) is -0.907. The van der Waals surface area contributed by atoms with Gasteiger partial charge in [0.15, 0.2) is 0 Å². The van der Waals surface area contributed by atoms with E-state index in [0.29, 0.717) is 5.56 Å². The van der Waals surface area contributed by atoms with Crippen LogP contribution in [0.2, 0.25) is 0 Å². The Morgan fingerprint density at radius 3 is 2.12 bits per heavy atom. The smallest absolute Gasteiger partial charge is 0.327 e. The lowest BCUT2D eigenvalue weighted by Crippen LogP contribution is -2.21. The van der Waals surface area contributed by atoms with Crippen molar-refractivity contribution in [3.63, 3.8) is 0 Å². The average Bonchev–Trinajstić information content (AvgIpc) is 2.86. The Kier molecular flexibility index (Phi) is 2.55. The fourth-order valence-electron chi connectivity index (χ4n) is 1.57. The molecule has 1 unspecified atom stereocenters. The Labute approximate surface area is 95.1 Å². The molecule has 2 N–H and O–H groups in total. The largest absolute Gasteiger partial charge is 0.508 e. The monoisotopic (exact) mass is 235 g/mol. The topological polar surface area (TPSA) is 96.6 Å². The van der Waals surface area contributed by atoms with Gasteiger partial charge in [-0.1, -0.05) is 12.1 Å². The van der Waals surface area contributed by atoms with Gasteiger partial charge in [0.25, 0.3) is 0 Å². The molecule has 0 saturated heterocycles. The third kappa shape index (κ3) is 2.10. The number of hydrogen-bond acceptors (Lipinski definition) is 4. The van der Waals surface area contributed by atoms with Crippen LogP contribution in [0.25, 0.3) is 0 Å². The fourth-order valence-corrected chi connectivity index (χ4v) is 1.57. The highest BCUT2D eigenvalue weighted by Gasteiger charge is 2.30. The van der Waals surface area contributed by atoms with E-state index in [9.17, 15) is 14.4 Å². The molecule has 1 aromatic heterocycles. The van der Waals surface area contributed by atoms with E-state index in [0.717, 1.165) is 4.57 Å². The van der Waals surface area contributed by atoms with Crippen LogP contribution >= 0.6 is 0 Å². The summed E-state index contributed by atoms with van der Waals surface area (Å²) in [5.74, 6) is -1.16. The van der Waals surface area contributed by atoms with E-state index in [1.54, 1.807) is 12.1 Å². The molecule has 1 atom stereocenters. The van der Waals surface area contributed by atoms with E-state index >= 15 is 0 Å². The number of carbonyl (C=O) groups is 1. The SMILES string of the molecule is O=C(O)C(Cc1ccc(O)cc1)n1c(=O)c1=O. The number of carboxylic acids is 1. The van der Waals surface area contributed by atoms with Gasteiger partial charge >= 0.3 is 17.1 Å². The lowest BCUT2D eigenvalue weighted by molar-refractivity contribution is -0.140. The van der Waals surface area contributed by atoms with Crippen LogP contribution in [-0.4, -0.2) is 20.7 Å². The van der Waals surface area contributed by atoms with Crippen molar-refractivity contribution in [3.8, 4) is 5.75 Å². The number of phenolic OH excluding ortho intramolecular Hbond substituents is 1. The molecule has 0 aliphatic carbocycles. The number of phenols is 1. The fraction of sp³-hybridized carbons (Fsp3) is 0.182. The van der Waals surface area contributed by atoms with Gasteiger partial charge in [-0.05, 0) is 17.7 Å². The maximum absolute atomic E-state index is 10.9. The predicted molar refractivity (Wildman–Crippen MR) is 57.8 cm³/mol. The number of carboxylic acid groups (broad SMARTS) is 1. The minimum absolute atomic E-state index is 0.0348. The molecule has 6 heteroatoms. The number of benzene rings is 1. The number of aromatic nitrogens is 1. The number of nitrogens with zero attached hydrogens (tertiary/aromatic N) is 1. The maximum Gasteiger partial charge on any atom is 0.327 e. The Bertz CT molecular complexity index is 593. The predicted octanol–water partition coefficient (Wildman–Crippen LogP) is -0.342. The van der Waals surface area contributed by atoms with E-state index in [-0.39, 0.29) is 12.2 Å². The van der Waals surface area contributed by atoms with Gasteiger partial charge in [0.1, 0.15) is 11.8 Å². The van der Waals surface area contributed by atoms with Crippen LogP contribution in [0.15, 0.2) is 33.9 Å². The second kappa shape index (κ2) is 3.89. The number of aromatic hydroxyl groups is 1. The van der Waals surface area contributed by atoms with Gasteiger partial charge in [0.05, 0.1) is 0 Å². The minimum Gasteiger partial charge on any atom is -0.508 e. The third-order valence-corrected chi connectivity index (χ3v) is 2.53. The Hall–Kier alpha value is -2.37. The van der Waals surface area contributed by atoms with Crippen molar-refractivity contribution >= 4 is 5.97 Å². The summed E-state index contributed by atoms with van der Waals surface area (Å²) in [5, 5.41) is 18.0. The third-order valence-electron chi connectivity index (χ3n) is 2.53.